The Kier molecular flexibility index (Phi) is 7.62. The number of nitrogens with one attached hydrogen (secondary N) is 2. The number of nitrogens with zero attached hydrogens (tertiary/aromatic N) is 3. The summed E-state index contributed by atoms with van der Waals surface area (Å²) < 4.78 is 6.11. The Bertz CT molecular complexity index is 1270. The smallest absolute Gasteiger partial charge is 0.225 e. The third kappa shape index (κ3) is 5.94. The van der Waals surface area contributed by atoms with Crippen molar-refractivity contribution >= 4 is 22.7 Å². The molecular formula is C30H35N5O. The first kappa shape index (κ1) is 24.1. The van der Waals surface area contributed by atoms with Crippen LogP contribution in [0.4, 0.5) is 11.8 Å². The molecule has 2 N–H and O–H groups in total. The average Bonchev–Trinajstić information content (AvgIpc) is 2.91. The lowest BCUT2D eigenvalue weighted by Crippen LogP contribution is -2.31. The summed E-state index contributed by atoms with van der Waals surface area (Å²) in [7, 11) is 4.06. The fraction of sp³-hybridized carbons (Fsp3) is 0.333. The van der Waals surface area contributed by atoms with E-state index in [1.54, 1.807) is 0 Å². The molecule has 4 aromatic rings. The van der Waals surface area contributed by atoms with Crippen molar-refractivity contribution in [1.29, 1.82) is 0 Å². The van der Waals surface area contributed by atoms with Crippen molar-refractivity contribution in [2.75, 3.05) is 30.9 Å². The average molecular weight is 482 g/mol. The highest BCUT2D eigenvalue weighted by Crippen LogP contribution is 2.29. The minimum Gasteiger partial charge on any atom is -0.457 e. The molecule has 3 aromatic carbocycles. The molecular weight excluding hydrogens is 446 g/mol. The SMILES string of the molecule is CN(C)c1nc(NC2CCC(CNCc3ccccc3Oc3ccccc3)CC2)nc2ccccc12. The Hall–Kier alpha value is -3.64. The number of para-hydroxylation sites is 3. The van der Waals surface area contributed by atoms with Gasteiger partial charge in [0.1, 0.15) is 17.3 Å². The van der Waals surface area contributed by atoms with Crippen molar-refractivity contribution in [3.63, 3.8) is 0 Å². The summed E-state index contributed by atoms with van der Waals surface area (Å²) in [6.07, 6.45) is 4.66. The maximum absolute atomic E-state index is 6.11. The van der Waals surface area contributed by atoms with Gasteiger partial charge in [-0.2, -0.15) is 4.98 Å². The molecule has 0 amide bonds. The largest absolute Gasteiger partial charge is 0.457 e. The van der Waals surface area contributed by atoms with Gasteiger partial charge in [0.2, 0.25) is 5.95 Å². The molecule has 0 atom stereocenters. The third-order valence-corrected chi connectivity index (χ3v) is 6.88. The van der Waals surface area contributed by atoms with Crippen LogP contribution in [0.2, 0.25) is 0 Å². The zero-order valence-corrected chi connectivity index (χ0v) is 21.2. The molecule has 1 heterocycles. The Morgan fingerprint density at radius 3 is 2.36 bits per heavy atom. The van der Waals surface area contributed by atoms with Gasteiger partial charge in [-0.25, -0.2) is 4.98 Å². The first-order valence-electron chi connectivity index (χ1n) is 12.9. The number of ether oxygens (including phenoxy) is 1. The zero-order chi connectivity index (χ0) is 24.7. The lowest BCUT2D eigenvalue weighted by molar-refractivity contribution is 0.323. The Labute approximate surface area is 213 Å². The number of benzene rings is 3. The van der Waals surface area contributed by atoms with Crippen LogP contribution in [0.3, 0.4) is 0 Å². The highest BCUT2D eigenvalue weighted by atomic mass is 16.5. The first-order valence-corrected chi connectivity index (χ1v) is 12.9. The summed E-state index contributed by atoms with van der Waals surface area (Å²) >= 11 is 0. The van der Waals surface area contributed by atoms with E-state index in [9.17, 15) is 0 Å². The Balaban J connectivity index is 1.12. The van der Waals surface area contributed by atoms with Gasteiger partial charge < -0.3 is 20.3 Å². The van der Waals surface area contributed by atoms with Gasteiger partial charge >= 0.3 is 0 Å². The van der Waals surface area contributed by atoms with Gasteiger partial charge in [-0.3, -0.25) is 0 Å². The fourth-order valence-corrected chi connectivity index (χ4v) is 4.93. The second-order valence-electron chi connectivity index (χ2n) is 9.80. The molecule has 1 aliphatic carbocycles. The predicted octanol–water partition coefficient (Wildman–Crippen LogP) is 6.25. The van der Waals surface area contributed by atoms with Gasteiger partial charge in [0.05, 0.1) is 5.52 Å². The summed E-state index contributed by atoms with van der Waals surface area (Å²) in [5.74, 6) is 4.15. The van der Waals surface area contributed by atoms with Crippen LogP contribution < -0.4 is 20.3 Å². The highest BCUT2D eigenvalue weighted by molar-refractivity contribution is 5.90. The standard InChI is InChI=1S/C30H35N5O/c1-35(2)29-26-13-7-8-14-27(26)33-30(34-29)32-24-18-16-22(17-19-24)20-31-21-23-10-6-9-15-28(23)36-25-11-4-3-5-12-25/h3-15,22,24,31H,16-21H2,1-2H3,(H,32,33,34). The fourth-order valence-electron chi connectivity index (χ4n) is 4.93. The van der Waals surface area contributed by atoms with Crippen molar-refractivity contribution < 1.29 is 4.74 Å². The van der Waals surface area contributed by atoms with E-state index in [0.717, 1.165) is 60.1 Å². The minimum absolute atomic E-state index is 0.414. The van der Waals surface area contributed by atoms with Gasteiger partial charge in [0.15, 0.2) is 0 Å². The molecule has 36 heavy (non-hydrogen) atoms. The minimum atomic E-state index is 0.414. The molecule has 1 aliphatic rings. The van der Waals surface area contributed by atoms with Crippen LogP contribution in [0, 0.1) is 5.92 Å². The first-order chi connectivity index (χ1) is 17.7. The van der Waals surface area contributed by atoms with Gasteiger partial charge in [-0.1, -0.05) is 48.5 Å². The maximum atomic E-state index is 6.11. The van der Waals surface area contributed by atoms with Crippen LogP contribution in [0.1, 0.15) is 31.2 Å². The molecule has 1 saturated carbocycles. The molecule has 6 heteroatoms. The molecule has 0 aliphatic heterocycles. The number of rotatable bonds is 9. The topological polar surface area (TPSA) is 62.3 Å². The molecule has 186 valence electrons. The normalized spacial score (nSPS) is 17.6. The third-order valence-electron chi connectivity index (χ3n) is 6.88. The van der Waals surface area contributed by atoms with E-state index in [4.69, 9.17) is 14.7 Å². The van der Waals surface area contributed by atoms with Crippen molar-refractivity contribution in [2.45, 2.75) is 38.3 Å². The molecule has 0 saturated heterocycles. The van der Waals surface area contributed by atoms with Gasteiger partial charge in [0, 0.05) is 37.6 Å². The van der Waals surface area contributed by atoms with E-state index in [2.05, 4.69) is 39.8 Å². The Morgan fingerprint density at radius 1 is 0.833 bits per heavy atom. The summed E-state index contributed by atoms with van der Waals surface area (Å²) in [6.45, 7) is 1.82. The van der Waals surface area contributed by atoms with E-state index in [-0.39, 0.29) is 0 Å². The van der Waals surface area contributed by atoms with Gasteiger partial charge in [0.25, 0.3) is 0 Å². The van der Waals surface area contributed by atoms with Crippen molar-refractivity contribution in [2.24, 2.45) is 5.92 Å². The lowest BCUT2D eigenvalue weighted by atomic mass is 9.86. The quantitative estimate of drug-likeness (QED) is 0.295. The van der Waals surface area contributed by atoms with E-state index in [0.29, 0.717) is 12.0 Å². The van der Waals surface area contributed by atoms with Gasteiger partial charge in [-0.05, 0) is 68.5 Å². The molecule has 0 radical (unpaired) electrons. The van der Waals surface area contributed by atoms with E-state index < -0.39 is 0 Å². The number of hydrogen-bond donors (Lipinski definition) is 2. The van der Waals surface area contributed by atoms with Crippen LogP contribution in [0.15, 0.2) is 78.9 Å². The molecule has 0 bridgehead atoms. The number of aromatic nitrogens is 2. The molecule has 0 spiro atoms. The lowest BCUT2D eigenvalue weighted by Gasteiger charge is -2.29. The van der Waals surface area contributed by atoms with Crippen LogP contribution in [0.25, 0.3) is 10.9 Å². The molecule has 5 rings (SSSR count). The number of anilines is 2. The monoisotopic (exact) mass is 481 g/mol. The molecule has 0 unspecified atom stereocenters. The number of hydrogen-bond acceptors (Lipinski definition) is 6. The number of fused-ring (bicyclic) bond motifs is 1. The summed E-state index contributed by atoms with van der Waals surface area (Å²) in [5, 5.41) is 8.37. The van der Waals surface area contributed by atoms with E-state index in [1.807, 2.05) is 68.7 Å². The summed E-state index contributed by atoms with van der Waals surface area (Å²) in [5.41, 5.74) is 2.16. The molecule has 1 fully saturated rings. The van der Waals surface area contributed by atoms with Crippen molar-refractivity contribution in [3.8, 4) is 11.5 Å². The van der Waals surface area contributed by atoms with Crippen LogP contribution in [-0.2, 0) is 6.54 Å². The van der Waals surface area contributed by atoms with E-state index in [1.165, 1.54) is 18.4 Å². The summed E-state index contributed by atoms with van der Waals surface area (Å²) in [6, 6.07) is 26.9. The van der Waals surface area contributed by atoms with Crippen molar-refractivity contribution in [3.05, 3.63) is 84.4 Å². The summed E-state index contributed by atoms with van der Waals surface area (Å²) in [4.78, 5) is 11.7. The highest BCUT2D eigenvalue weighted by Gasteiger charge is 2.22. The van der Waals surface area contributed by atoms with Crippen LogP contribution >= 0.6 is 0 Å². The van der Waals surface area contributed by atoms with E-state index >= 15 is 0 Å². The second-order valence-corrected chi connectivity index (χ2v) is 9.80. The zero-order valence-electron chi connectivity index (χ0n) is 21.2. The van der Waals surface area contributed by atoms with Crippen LogP contribution in [-0.4, -0.2) is 36.6 Å². The van der Waals surface area contributed by atoms with Crippen molar-refractivity contribution in [1.82, 2.24) is 15.3 Å². The van der Waals surface area contributed by atoms with Crippen LogP contribution in [0.5, 0.6) is 11.5 Å². The second kappa shape index (κ2) is 11.4. The van der Waals surface area contributed by atoms with Gasteiger partial charge in [-0.15, -0.1) is 0 Å². The molecule has 6 nitrogen and oxygen atoms in total. The molecule has 1 aromatic heterocycles. The predicted molar refractivity (Wildman–Crippen MR) is 148 cm³/mol. The maximum Gasteiger partial charge on any atom is 0.225 e. The Morgan fingerprint density at radius 2 is 1.56 bits per heavy atom.